The number of azide groups is 3. The molecule has 8 saturated heterocycles. The van der Waals surface area contributed by atoms with E-state index in [1.807, 2.05) is 123 Å². The molecule has 0 aliphatic carbocycles. The summed E-state index contributed by atoms with van der Waals surface area (Å²) in [4.78, 5) is 9.53. The van der Waals surface area contributed by atoms with Crippen LogP contribution in [0.25, 0.3) is 31.3 Å². The highest BCUT2D eigenvalue weighted by molar-refractivity contribution is 5.17. The van der Waals surface area contributed by atoms with E-state index >= 15 is 0 Å². The molecule has 0 saturated carbocycles. The molecule has 0 aromatic heterocycles. The van der Waals surface area contributed by atoms with E-state index in [0.29, 0.717) is 11.1 Å². The number of ether oxygens (including phenoxy) is 21. The van der Waals surface area contributed by atoms with Gasteiger partial charge in [-0.25, -0.2) is 0 Å². The second-order valence-corrected chi connectivity index (χ2v) is 32.7. The average Bonchev–Trinajstić information content (AvgIpc) is 0.767. The van der Waals surface area contributed by atoms with E-state index in [-0.39, 0.29) is 44.9 Å². The molecule has 17 unspecified atom stereocenters. The summed E-state index contributed by atoms with van der Waals surface area (Å²) < 4.78 is 136. The summed E-state index contributed by atoms with van der Waals surface area (Å²) in [5.41, 5.74) is 33.7. The molecule has 8 N–H and O–H groups in total. The summed E-state index contributed by atoms with van der Waals surface area (Å²) in [6, 6.07) is 32.9. The zero-order chi connectivity index (χ0) is 87.7. The third kappa shape index (κ3) is 22.6. The monoisotopic (exact) mass is 1730 g/mol. The fraction of sp³-hybridized carbons (Fsp3) is 0.694. The molecule has 678 valence electrons. The van der Waals surface area contributed by atoms with Crippen LogP contribution in [0.3, 0.4) is 0 Å². The van der Waals surface area contributed by atoms with E-state index in [4.69, 9.17) is 99.5 Å². The van der Waals surface area contributed by atoms with Crippen LogP contribution in [0, 0.1) is 29.6 Å². The van der Waals surface area contributed by atoms with Crippen LogP contribution in [-0.4, -0.2) is 296 Å². The molecular formula is C85H119N9O29. The first-order valence-electron chi connectivity index (χ1n) is 42.0. The van der Waals surface area contributed by atoms with Gasteiger partial charge in [-0.2, -0.15) is 0 Å². The number of hydrogen-bond donors (Lipinski definition) is 8. The molecule has 0 amide bonds. The lowest BCUT2D eigenvalue weighted by molar-refractivity contribution is -0.382. The molecule has 40 atom stereocenters. The predicted octanol–water partition coefficient (Wildman–Crippen LogP) is 6.75. The van der Waals surface area contributed by atoms with Crippen molar-refractivity contribution in [2.75, 3.05) is 40.1 Å². The largest absolute Gasteiger partial charge is 0.394 e. The molecule has 8 heterocycles. The maximum absolute atomic E-state index is 12.8. The fourth-order valence-corrected chi connectivity index (χ4v) is 17.6. The Balaban J connectivity index is 0.739. The van der Waals surface area contributed by atoms with E-state index in [2.05, 4.69) is 36.7 Å². The Kier molecular flexibility index (Phi) is 35.2. The lowest BCUT2D eigenvalue weighted by Crippen LogP contribution is -2.66. The molecule has 8 aliphatic rings. The number of nitrogens with zero attached hydrogens (tertiary/aromatic N) is 9. The van der Waals surface area contributed by atoms with Crippen molar-refractivity contribution in [3.05, 3.63) is 188 Å². The highest BCUT2D eigenvalue weighted by Crippen LogP contribution is 2.45. The van der Waals surface area contributed by atoms with E-state index < -0.39 is 259 Å². The minimum atomic E-state index is -1.74. The van der Waals surface area contributed by atoms with Crippen LogP contribution in [0.1, 0.15) is 84.6 Å². The van der Waals surface area contributed by atoms with Crippen molar-refractivity contribution < 1.29 is 140 Å². The van der Waals surface area contributed by atoms with Crippen molar-refractivity contribution in [1.82, 2.24) is 0 Å². The Morgan fingerprint density at radius 3 is 0.813 bits per heavy atom. The average molecular weight is 1730 g/mol. The van der Waals surface area contributed by atoms with Crippen molar-refractivity contribution in [2.24, 2.45) is 44.9 Å². The van der Waals surface area contributed by atoms with Crippen LogP contribution in [0.4, 0.5) is 0 Å². The molecule has 0 radical (unpaired) electrons. The molecular weight excluding hydrogens is 1610 g/mol. The Bertz CT molecular complexity index is 4010. The van der Waals surface area contributed by atoms with Crippen molar-refractivity contribution in [3.63, 3.8) is 0 Å². The lowest BCUT2D eigenvalue weighted by Gasteiger charge is -2.51. The maximum atomic E-state index is 12.8. The minimum absolute atomic E-state index is 0.000408. The fourth-order valence-electron chi connectivity index (χ4n) is 17.6. The van der Waals surface area contributed by atoms with Crippen LogP contribution in [0.5, 0.6) is 0 Å². The molecule has 0 bridgehead atoms. The normalized spacial score (nSPS) is 41.6. The number of aliphatic hydroxyl groups is 8. The van der Waals surface area contributed by atoms with Gasteiger partial charge in [-0.15, -0.1) is 6.58 Å². The standard InChI is InChI=1S/C85H119N9O29/c1-12-33-104-70-47(7)109-82(62(99)74(70)105-38-51-25-17-13-18-26-51)118-67-44(4)59(89-92-86)79(114-56(67)35-96)122-72-49(9)111-84(64(101)76(72)107-40-53-29-21-15-22-30-53)120-69-46(6)61(91-94-88)81(116-58(69)37-98)123-73-50(10)112-85(65(102)77(73)108-41-54-31-23-16-24-32-54)119-68-45(5)60(90-93-87)80(115-57(68)36-97)121-71-48(8)110-83(63(100)75(71)106-39-52-27-19-14-20-28-52)117-66-42(2)43(3)78(103-11)113-55(66)34-95/h12-32,42-50,55-85,95-102H,1,33-41H2,2-11H3/t42-,43?,44-,45-,46-,47?,48?,49?,50?,55?,56?,57?,58?,59?,60?,61?,62?,63?,64?,65?,66+,67+,68+,69+,70-,71-,72+,73?,74+,75+,76+,77+,78-,79+,80+,81+,82+,83+,84+,85+/m1/s1. The molecule has 4 aromatic rings. The van der Waals surface area contributed by atoms with Gasteiger partial charge < -0.3 is 140 Å². The SMILES string of the molecule is C=CCO[C@@H]1C(C)O[C@@H](O[C@@H]2C(CO)O[C@@H](O[C@H]3C(C)O[C@@H](O[C@@H]4C(CO)O[C@@H](OC5C(C)O[C@@H](O[C@@H]6C(CO)O[C@@H](O[C@@H]7C(C)O[C@@H](O[C@@H]8C(CO)O[C@@H](OC)C(C)[C@H]8C)C(O)[C@@H]7OCc7ccccc7)C(N=[N+]=[N-])[C@H]6C)C(O)[C@@H]5OCc5ccccc5)C(N=[N+]=[N-])[C@H]4C)C(O)[C@@H]3OCc3ccccc3)C(N=[N+]=[N-])[C@H]2C)C(O)[C@@H]1OCc1ccccc1. The topological polar surface area (TPSA) is 502 Å². The van der Waals surface area contributed by atoms with E-state index in [9.17, 15) is 57.4 Å². The van der Waals surface area contributed by atoms with E-state index in [0.717, 1.165) is 11.1 Å². The highest BCUT2D eigenvalue weighted by Gasteiger charge is 2.59. The van der Waals surface area contributed by atoms with Gasteiger partial charge in [0.1, 0.15) is 97.7 Å². The van der Waals surface area contributed by atoms with Gasteiger partial charge in [0.25, 0.3) is 0 Å². The summed E-state index contributed by atoms with van der Waals surface area (Å²) in [7, 11) is 1.51. The third-order valence-electron chi connectivity index (χ3n) is 24.6. The van der Waals surface area contributed by atoms with Crippen molar-refractivity contribution in [2.45, 2.75) is 304 Å². The van der Waals surface area contributed by atoms with Crippen molar-refractivity contribution >= 4 is 0 Å². The van der Waals surface area contributed by atoms with Gasteiger partial charge in [-0.3, -0.25) is 0 Å². The Morgan fingerprint density at radius 1 is 0.317 bits per heavy atom. The zero-order valence-corrected chi connectivity index (χ0v) is 70.5. The van der Waals surface area contributed by atoms with Gasteiger partial charge in [0.05, 0.1) is 126 Å². The van der Waals surface area contributed by atoms with E-state index in [1.165, 1.54) is 7.11 Å². The first-order valence-corrected chi connectivity index (χ1v) is 42.0. The molecule has 12 rings (SSSR count). The van der Waals surface area contributed by atoms with Crippen LogP contribution in [0.2, 0.25) is 0 Å². The quantitative estimate of drug-likeness (QED) is 0.0100. The number of aliphatic hydroxyl groups excluding tert-OH is 8. The molecule has 38 nitrogen and oxygen atoms in total. The number of benzene rings is 4. The second kappa shape index (κ2) is 45.4. The summed E-state index contributed by atoms with van der Waals surface area (Å²) in [6.45, 7) is 16.9. The summed E-state index contributed by atoms with van der Waals surface area (Å²) in [5.74, 6) is -3.11. The van der Waals surface area contributed by atoms with Crippen molar-refractivity contribution in [3.8, 4) is 0 Å². The van der Waals surface area contributed by atoms with Crippen LogP contribution >= 0.6 is 0 Å². The third-order valence-corrected chi connectivity index (χ3v) is 24.6. The Labute approximate surface area is 713 Å². The van der Waals surface area contributed by atoms with Crippen LogP contribution < -0.4 is 0 Å². The smallest absolute Gasteiger partial charge is 0.186 e. The number of rotatable bonds is 37. The molecule has 4 aromatic carbocycles. The second-order valence-electron chi connectivity index (χ2n) is 32.7. The lowest BCUT2D eigenvalue weighted by atomic mass is 9.84. The molecule has 38 heteroatoms. The first kappa shape index (κ1) is 95.5. The summed E-state index contributed by atoms with van der Waals surface area (Å²) in [6.07, 6.45) is -38.0. The minimum Gasteiger partial charge on any atom is -0.394 e. The number of methoxy groups -OCH3 is 1. The molecule has 8 aliphatic heterocycles. The van der Waals surface area contributed by atoms with E-state index in [1.54, 1.807) is 66.7 Å². The summed E-state index contributed by atoms with van der Waals surface area (Å²) in [5, 5.41) is 106. The summed E-state index contributed by atoms with van der Waals surface area (Å²) >= 11 is 0. The maximum Gasteiger partial charge on any atom is 0.186 e. The van der Waals surface area contributed by atoms with Crippen molar-refractivity contribution in [1.29, 1.82) is 0 Å². The van der Waals surface area contributed by atoms with Gasteiger partial charge in [0.2, 0.25) is 0 Å². The Hall–Kier alpha value is -6.61. The van der Waals surface area contributed by atoms with Crippen LogP contribution in [-0.2, 0) is 126 Å². The molecule has 123 heavy (non-hydrogen) atoms. The molecule has 0 spiro atoms. The highest BCUT2D eigenvalue weighted by atomic mass is 16.8. The van der Waals surface area contributed by atoms with Gasteiger partial charge >= 0.3 is 0 Å². The Morgan fingerprint density at radius 2 is 0.561 bits per heavy atom. The zero-order valence-electron chi connectivity index (χ0n) is 70.5. The molecule has 8 fully saturated rings. The van der Waals surface area contributed by atoms with Gasteiger partial charge in [0.15, 0.2) is 50.3 Å². The van der Waals surface area contributed by atoms with Gasteiger partial charge in [-0.05, 0) is 90.2 Å². The van der Waals surface area contributed by atoms with Gasteiger partial charge in [0, 0.05) is 27.8 Å². The number of hydrogen-bond acceptors (Lipinski definition) is 32. The van der Waals surface area contributed by atoms with Crippen LogP contribution in [0.15, 0.2) is 149 Å². The van der Waals surface area contributed by atoms with Gasteiger partial charge in [-0.1, -0.05) is 177 Å². The predicted molar refractivity (Wildman–Crippen MR) is 430 cm³/mol. The first-order chi connectivity index (χ1) is 59.5.